The van der Waals surface area contributed by atoms with E-state index in [4.69, 9.17) is 23.9 Å². The number of aryl methyl sites for hydroxylation is 1. The van der Waals surface area contributed by atoms with Gasteiger partial charge < -0.3 is 23.8 Å². The number of methoxy groups -OCH3 is 1. The third-order valence-corrected chi connectivity index (χ3v) is 16.1. The Labute approximate surface area is 360 Å². The second-order valence-electron chi connectivity index (χ2n) is 18.8. The Bertz CT molecular complexity index is 2240. The molecule has 4 heterocycles. The molecule has 3 fully saturated rings. The van der Waals surface area contributed by atoms with E-state index in [1.807, 2.05) is 38.1 Å². The highest BCUT2D eigenvalue weighted by Crippen LogP contribution is 2.58. The molecule has 3 aliphatic heterocycles. The van der Waals surface area contributed by atoms with Gasteiger partial charge in [0.2, 0.25) is 39.2 Å². The predicted molar refractivity (Wildman–Crippen MR) is 222 cm³/mol. The van der Waals surface area contributed by atoms with Crippen molar-refractivity contribution in [2.45, 2.75) is 140 Å². The van der Waals surface area contributed by atoms with Crippen molar-refractivity contribution in [1.82, 2.24) is 14.6 Å². The first-order chi connectivity index (χ1) is 29.1. The van der Waals surface area contributed by atoms with E-state index in [-0.39, 0.29) is 37.6 Å². The van der Waals surface area contributed by atoms with Crippen LogP contribution in [0.1, 0.15) is 111 Å². The van der Waals surface area contributed by atoms with E-state index in [0.29, 0.717) is 68.6 Å². The third kappa shape index (κ3) is 9.01. The number of carbonyl (C=O) groups is 4. The predicted octanol–water partition coefficient (Wildman–Crippen LogP) is 7.17. The molecule has 2 amide bonds. The fourth-order valence-corrected chi connectivity index (χ4v) is 10.7. The van der Waals surface area contributed by atoms with Gasteiger partial charge in [0.05, 0.1) is 48.8 Å². The number of aromatic nitrogens is 1. The van der Waals surface area contributed by atoms with Gasteiger partial charge in [0.25, 0.3) is 0 Å². The highest BCUT2D eigenvalue weighted by Gasteiger charge is 2.63. The molecule has 0 unspecified atom stereocenters. The van der Waals surface area contributed by atoms with Gasteiger partial charge in [-0.05, 0) is 113 Å². The number of amides is 2. The summed E-state index contributed by atoms with van der Waals surface area (Å²) >= 11 is 0. The van der Waals surface area contributed by atoms with E-state index < -0.39 is 91.8 Å². The first-order valence-electron chi connectivity index (χ1n) is 21.8. The molecule has 62 heavy (non-hydrogen) atoms. The second-order valence-corrected chi connectivity index (χ2v) is 21.0. The zero-order valence-electron chi connectivity index (χ0n) is 36.3. The van der Waals surface area contributed by atoms with Crippen LogP contribution in [0, 0.1) is 29.1 Å². The number of carbonyl (C=O) groups excluding carboxylic acids is 4. The van der Waals surface area contributed by atoms with Crippen molar-refractivity contribution in [3.63, 3.8) is 0 Å². The lowest BCUT2D eigenvalue weighted by Crippen LogP contribution is -2.49. The largest absolute Gasteiger partial charge is 0.497 e. The SMILES string of the molecule is CC[C@@H]1C[C@@H](C)CC/C=C\[C@@H]2C[C@@]2(C(=O)NS(=O)(=O)C2(C)CC2)CC(=O)[C@@H]2C[C@@H](Oc3nc4c(c5cc(OC)ccc35)CCCO4)CN2C(=O)[C@H]1CC(=O)OC(C)(C)C(F)(F)F. The molecular weight excluding hydrogens is 832 g/mol. The number of pyridine rings is 1. The van der Waals surface area contributed by atoms with Crippen LogP contribution in [0.2, 0.25) is 0 Å². The Morgan fingerprint density at radius 2 is 1.85 bits per heavy atom. The second kappa shape index (κ2) is 16.9. The number of hydrogen-bond acceptors (Lipinski definition) is 11. The van der Waals surface area contributed by atoms with Crippen LogP contribution in [-0.2, 0) is 40.4 Å². The van der Waals surface area contributed by atoms with E-state index in [1.165, 1.54) is 4.90 Å². The van der Waals surface area contributed by atoms with Crippen molar-refractivity contribution < 1.29 is 59.7 Å². The number of alkyl halides is 3. The van der Waals surface area contributed by atoms with Crippen molar-refractivity contribution in [2.24, 2.45) is 29.1 Å². The summed E-state index contributed by atoms with van der Waals surface area (Å²) in [5, 5.41) is 1.46. The Morgan fingerprint density at radius 1 is 1.11 bits per heavy atom. The minimum absolute atomic E-state index is 0.0145. The number of nitrogens with one attached hydrogen (secondary N) is 1. The van der Waals surface area contributed by atoms with Crippen molar-refractivity contribution in [1.29, 1.82) is 0 Å². The number of rotatable bonds is 10. The van der Waals surface area contributed by atoms with E-state index in [9.17, 15) is 36.0 Å². The van der Waals surface area contributed by atoms with Gasteiger partial charge in [0, 0.05) is 23.8 Å². The number of benzene rings is 1. The Morgan fingerprint density at radius 3 is 2.53 bits per heavy atom. The molecule has 7 atom stereocenters. The molecule has 1 aromatic carbocycles. The molecule has 7 rings (SSSR count). The minimum Gasteiger partial charge on any atom is -0.497 e. The van der Waals surface area contributed by atoms with Crippen LogP contribution in [-0.4, -0.2) is 90.8 Å². The van der Waals surface area contributed by atoms with E-state index in [0.717, 1.165) is 31.2 Å². The quantitative estimate of drug-likeness (QED) is 0.190. The molecule has 2 aromatic rings. The normalized spacial score (nSPS) is 29.5. The van der Waals surface area contributed by atoms with Gasteiger partial charge in [-0.1, -0.05) is 32.4 Å². The molecule has 1 saturated heterocycles. The number of esters is 1. The summed E-state index contributed by atoms with van der Waals surface area (Å²) in [7, 11) is -2.49. The molecule has 2 saturated carbocycles. The summed E-state index contributed by atoms with van der Waals surface area (Å²) in [4.78, 5) is 63.6. The highest BCUT2D eigenvalue weighted by atomic mass is 32.2. The Hall–Kier alpha value is -4.41. The fraction of sp³-hybridized carbons (Fsp3) is 0.667. The molecule has 17 heteroatoms. The maximum Gasteiger partial charge on any atom is 0.427 e. The molecule has 1 N–H and O–H groups in total. The third-order valence-electron chi connectivity index (χ3n) is 13.9. The monoisotopic (exact) mass is 889 g/mol. The summed E-state index contributed by atoms with van der Waals surface area (Å²) in [5.41, 5.74) is -3.33. The van der Waals surface area contributed by atoms with Gasteiger partial charge in [0.15, 0.2) is 5.78 Å². The standard InChI is InChI=1S/C45H58F3N3O10S/c1-7-27-19-26(2)11-8-9-12-28-23-44(28,41(55)50-62(56,57)43(5)16-17-43)24-36(52)35-21-30(25-51(35)40(54)33(27)22-37(53)61-42(3,4)45(46,47)48)60-39-32-15-14-29(58-6)20-34(32)31-13-10-18-59-38(31)49-39/h9,12,14-15,20,26-28,30,33,35H,7-8,10-11,13,16-19,21-25H2,1-6H3,(H,50,55)/b12-9-/t26-,27+,28+,30+,33-,35-,44+/m0/s1. The zero-order chi connectivity index (χ0) is 45.0. The topological polar surface area (TPSA) is 168 Å². The number of Topliss-reactive ketones (excluding diaryl/α,β-unsaturated/α-hetero) is 1. The van der Waals surface area contributed by atoms with Gasteiger partial charge in [-0.15, -0.1) is 0 Å². The fourth-order valence-electron chi connectivity index (χ4n) is 9.35. The molecule has 13 nitrogen and oxygen atoms in total. The summed E-state index contributed by atoms with van der Waals surface area (Å²) < 4.78 is 92.6. The number of allylic oxidation sites excluding steroid dienone is 2. The molecule has 0 spiro atoms. The van der Waals surface area contributed by atoms with Crippen molar-refractivity contribution >= 4 is 44.4 Å². The lowest BCUT2D eigenvalue weighted by Gasteiger charge is -2.34. The van der Waals surface area contributed by atoms with E-state index in [1.54, 1.807) is 20.1 Å². The van der Waals surface area contributed by atoms with Gasteiger partial charge in [0.1, 0.15) is 11.9 Å². The highest BCUT2D eigenvalue weighted by molar-refractivity contribution is 7.91. The lowest BCUT2D eigenvalue weighted by molar-refractivity contribution is -0.257. The van der Waals surface area contributed by atoms with Gasteiger partial charge >= 0.3 is 12.1 Å². The number of halogens is 3. The first-order valence-corrected chi connectivity index (χ1v) is 23.3. The van der Waals surface area contributed by atoms with Crippen LogP contribution < -0.4 is 18.9 Å². The van der Waals surface area contributed by atoms with Crippen LogP contribution in [0.25, 0.3) is 10.8 Å². The molecular formula is C45H58F3N3O10S. The molecule has 340 valence electrons. The number of nitrogens with zero attached hydrogens (tertiary/aromatic N) is 2. The summed E-state index contributed by atoms with van der Waals surface area (Å²) in [6.07, 6.45) is 1.66. The first kappa shape index (κ1) is 45.6. The number of sulfonamides is 1. The maximum absolute atomic E-state index is 15.1. The molecule has 2 aliphatic carbocycles. The number of fused-ring (bicyclic) bond motifs is 5. The van der Waals surface area contributed by atoms with Crippen molar-refractivity contribution in [3.8, 4) is 17.5 Å². The van der Waals surface area contributed by atoms with Crippen molar-refractivity contribution in [2.75, 3.05) is 20.3 Å². The Kier molecular flexibility index (Phi) is 12.5. The van der Waals surface area contributed by atoms with Gasteiger partial charge in [-0.3, -0.25) is 23.9 Å². The van der Waals surface area contributed by atoms with Crippen LogP contribution in [0.5, 0.6) is 17.5 Å². The summed E-state index contributed by atoms with van der Waals surface area (Å²) in [6.45, 7) is 7.22. The van der Waals surface area contributed by atoms with E-state index in [2.05, 4.69) is 4.72 Å². The maximum atomic E-state index is 15.1. The number of hydrogen-bond donors (Lipinski definition) is 1. The van der Waals surface area contributed by atoms with Crippen LogP contribution >= 0.6 is 0 Å². The smallest absolute Gasteiger partial charge is 0.427 e. The van der Waals surface area contributed by atoms with Gasteiger partial charge in [-0.25, -0.2) is 8.42 Å². The molecule has 0 bridgehead atoms. The Balaban J connectivity index is 1.26. The molecule has 0 radical (unpaired) electrons. The minimum atomic E-state index is -4.87. The average molecular weight is 890 g/mol. The lowest BCUT2D eigenvalue weighted by atomic mass is 9.79. The molecule has 5 aliphatic rings. The average Bonchev–Trinajstić information content (AvgIpc) is 4.09. The number of ketones is 1. The molecule has 1 aromatic heterocycles. The van der Waals surface area contributed by atoms with Crippen LogP contribution in [0.4, 0.5) is 13.2 Å². The van der Waals surface area contributed by atoms with Gasteiger partial charge in [-0.2, -0.15) is 18.2 Å². The number of ether oxygens (including phenoxy) is 4. The zero-order valence-corrected chi connectivity index (χ0v) is 37.1. The van der Waals surface area contributed by atoms with E-state index >= 15 is 4.79 Å². The van der Waals surface area contributed by atoms with Crippen LogP contribution in [0.3, 0.4) is 0 Å². The van der Waals surface area contributed by atoms with Crippen LogP contribution in [0.15, 0.2) is 30.4 Å². The summed E-state index contributed by atoms with van der Waals surface area (Å²) in [5.74, 6) is -3.93. The summed E-state index contributed by atoms with van der Waals surface area (Å²) in [6, 6.07) is 4.26. The van der Waals surface area contributed by atoms with Crippen molar-refractivity contribution in [3.05, 3.63) is 35.9 Å².